The molecule has 0 aliphatic heterocycles. The normalized spacial score (nSPS) is 15.7. The van der Waals surface area contributed by atoms with Crippen LogP contribution in [0.5, 0.6) is 0 Å². The minimum Gasteiger partial charge on any atom is -0.469 e. The van der Waals surface area contributed by atoms with Crippen molar-refractivity contribution >= 4 is 23.4 Å². The van der Waals surface area contributed by atoms with Crippen molar-refractivity contribution in [3.8, 4) is 0 Å². The molecule has 0 saturated heterocycles. The van der Waals surface area contributed by atoms with Gasteiger partial charge in [0.1, 0.15) is 19.2 Å². The van der Waals surface area contributed by atoms with E-state index < -0.39 is 12.0 Å². The maximum atomic E-state index is 12.5. The average Bonchev–Trinajstić information content (AvgIpc) is 3.41. The Labute approximate surface area is 213 Å². The first kappa shape index (κ1) is 28.9. The van der Waals surface area contributed by atoms with Crippen LogP contribution in [0.15, 0.2) is 49.1 Å². The SMILES string of the molecule is COCO[C@H](C[C@H](OCc1ccccc1)C(C)C)[C@H](C)[C@@H](OC(=S)n1ccnc1)[C@H](C)C(=O)OC. The van der Waals surface area contributed by atoms with Crippen molar-refractivity contribution in [3.63, 3.8) is 0 Å². The number of carbonyl (C=O) groups excluding carboxylic acids is 1. The van der Waals surface area contributed by atoms with Gasteiger partial charge in [0, 0.05) is 31.8 Å². The highest BCUT2D eigenvalue weighted by Crippen LogP contribution is 2.29. The molecule has 0 spiro atoms. The van der Waals surface area contributed by atoms with Gasteiger partial charge in [-0.1, -0.05) is 51.1 Å². The summed E-state index contributed by atoms with van der Waals surface area (Å²) in [6, 6.07) is 10.1. The molecule has 1 aromatic heterocycles. The molecule has 1 aromatic carbocycles. The van der Waals surface area contributed by atoms with E-state index in [1.54, 1.807) is 37.3 Å². The number of hydrogen-bond acceptors (Lipinski definition) is 8. The third-order valence-corrected chi connectivity index (χ3v) is 6.34. The van der Waals surface area contributed by atoms with Gasteiger partial charge in [0.25, 0.3) is 5.17 Å². The zero-order valence-corrected chi connectivity index (χ0v) is 22.3. The van der Waals surface area contributed by atoms with Crippen LogP contribution in [0.1, 0.15) is 39.7 Å². The molecule has 0 unspecified atom stereocenters. The fraction of sp³-hybridized carbons (Fsp3) is 0.577. The summed E-state index contributed by atoms with van der Waals surface area (Å²) < 4.78 is 30.4. The number of aromatic nitrogens is 2. The highest BCUT2D eigenvalue weighted by Gasteiger charge is 2.38. The average molecular weight is 507 g/mol. The monoisotopic (exact) mass is 506 g/mol. The second-order valence-corrected chi connectivity index (χ2v) is 9.26. The van der Waals surface area contributed by atoms with Crippen LogP contribution < -0.4 is 0 Å². The van der Waals surface area contributed by atoms with Gasteiger partial charge in [-0.15, -0.1) is 0 Å². The number of esters is 1. The molecule has 0 N–H and O–H groups in total. The molecule has 0 radical (unpaired) electrons. The molecule has 0 saturated carbocycles. The zero-order chi connectivity index (χ0) is 25.8. The van der Waals surface area contributed by atoms with Crippen molar-refractivity contribution in [1.82, 2.24) is 9.55 Å². The van der Waals surface area contributed by atoms with Crippen molar-refractivity contribution < 1.29 is 28.5 Å². The van der Waals surface area contributed by atoms with Gasteiger partial charge in [-0.25, -0.2) is 4.98 Å². The predicted molar refractivity (Wildman–Crippen MR) is 137 cm³/mol. The van der Waals surface area contributed by atoms with E-state index in [9.17, 15) is 4.79 Å². The molecule has 5 atom stereocenters. The zero-order valence-electron chi connectivity index (χ0n) is 21.5. The molecule has 9 heteroatoms. The van der Waals surface area contributed by atoms with Gasteiger partial charge in [0.2, 0.25) is 0 Å². The Kier molecular flexibility index (Phi) is 12.3. The highest BCUT2D eigenvalue weighted by molar-refractivity contribution is 7.80. The Morgan fingerprint density at radius 1 is 1.06 bits per heavy atom. The minimum absolute atomic E-state index is 0.0887. The van der Waals surface area contributed by atoms with Gasteiger partial charge >= 0.3 is 5.97 Å². The summed E-state index contributed by atoms with van der Waals surface area (Å²) in [5.74, 6) is -0.986. The molecule has 35 heavy (non-hydrogen) atoms. The van der Waals surface area contributed by atoms with Crippen molar-refractivity contribution in [2.24, 2.45) is 17.8 Å². The molecule has 194 valence electrons. The van der Waals surface area contributed by atoms with E-state index in [0.717, 1.165) is 5.56 Å². The van der Waals surface area contributed by atoms with Crippen LogP contribution in [0.25, 0.3) is 0 Å². The van der Waals surface area contributed by atoms with Gasteiger partial charge < -0.3 is 23.7 Å². The largest absolute Gasteiger partial charge is 0.469 e. The summed E-state index contributed by atoms with van der Waals surface area (Å²) in [5, 5.41) is 0.196. The first-order valence-corrected chi connectivity index (χ1v) is 12.2. The number of thiocarbonyl (C=S) groups is 1. The molecule has 8 nitrogen and oxygen atoms in total. The Balaban J connectivity index is 2.23. The van der Waals surface area contributed by atoms with E-state index in [4.69, 9.17) is 35.9 Å². The number of nitrogens with zero attached hydrogens (tertiary/aromatic N) is 2. The minimum atomic E-state index is -0.610. The number of carbonyl (C=O) groups is 1. The maximum Gasteiger partial charge on any atom is 0.312 e. The molecule has 2 aromatic rings. The molecule has 2 rings (SSSR count). The van der Waals surface area contributed by atoms with E-state index in [-0.39, 0.29) is 42.0 Å². The quantitative estimate of drug-likeness (QED) is 0.211. The summed E-state index contributed by atoms with van der Waals surface area (Å²) in [6.07, 6.45) is 4.41. The topological polar surface area (TPSA) is 81.0 Å². The Morgan fingerprint density at radius 3 is 2.34 bits per heavy atom. The van der Waals surface area contributed by atoms with Gasteiger partial charge in [-0.2, -0.15) is 0 Å². The molecule has 0 fully saturated rings. The van der Waals surface area contributed by atoms with Gasteiger partial charge in [0.05, 0.1) is 31.8 Å². The van der Waals surface area contributed by atoms with Crippen molar-refractivity contribution in [3.05, 3.63) is 54.6 Å². The number of ether oxygens (including phenoxy) is 5. The molecular formula is C26H38N2O6S. The van der Waals surface area contributed by atoms with Crippen LogP contribution in [-0.4, -0.2) is 60.0 Å². The summed E-state index contributed by atoms with van der Waals surface area (Å²) in [6.45, 7) is 8.58. The van der Waals surface area contributed by atoms with Gasteiger partial charge in [-0.3, -0.25) is 9.36 Å². The van der Waals surface area contributed by atoms with Crippen LogP contribution in [0.4, 0.5) is 0 Å². The summed E-state index contributed by atoms with van der Waals surface area (Å²) >= 11 is 5.47. The van der Waals surface area contributed by atoms with E-state index in [2.05, 4.69) is 18.8 Å². The standard InChI is InChI=1S/C26H38N2O6S/c1-18(2)22(32-15-21-10-8-7-9-11-21)14-23(33-17-30-5)19(3)24(20(4)25(29)31-6)34-26(35)28-13-12-27-16-28/h7-13,16,18-20,22-24H,14-15,17H2,1-6H3/t19-,20-,22-,23+,24+/m0/s1. The summed E-state index contributed by atoms with van der Waals surface area (Å²) in [7, 11) is 2.94. The molecule has 0 aliphatic rings. The predicted octanol–water partition coefficient (Wildman–Crippen LogP) is 4.47. The molecule has 1 heterocycles. The second kappa shape index (κ2) is 14.9. The van der Waals surface area contributed by atoms with Gasteiger partial charge in [0.15, 0.2) is 0 Å². The second-order valence-electron chi connectivity index (χ2n) is 8.92. The first-order chi connectivity index (χ1) is 16.8. The number of methoxy groups -OCH3 is 2. The van der Waals surface area contributed by atoms with E-state index in [0.29, 0.717) is 13.0 Å². The summed E-state index contributed by atoms with van der Waals surface area (Å²) in [4.78, 5) is 16.5. The van der Waals surface area contributed by atoms with Crippen LogP contribution in [0.3, 0.4) is 0 Å². The smallest absolute Gasteiger partial charge is 0.312 e. The third kappa shape index (κ3) is 9.00. The van der Waals surface area contributed by atoms with Crippen molar-refractivity contribution in [1.29, 1.82) is 0 Å². The van der Waals surface area contributed by atoms with E-state index >= 15 is 0 Å². The van der Waals surface area contributed by atoms with Crippen LogP contribution >= 0.6 is 12.2 Å². The highest BCUT2D eigenvalue weighted by atomic mass is 32.1. The number of imidazole rings is 1. The maximum absolute atomic E-state index is 12.5. The lowest BCUT2D eigenvalue weighted by Crippen LogP contribution is -2.44. The van der Waals surface area contributed by atoms with E-state index in [1.807, 2.05) is 37.3 Å². The number of rotatable bonds is 14. The fourth-order valence-corrected chi connectivity index (χ4v) is 4.09. The fourth-order valence-electron chi connectivity index (χ4n) is 3.87. The molecular weight excluding hydrogens is 468 g/mol. The van der Waals surface area contributed by atoms with E-state index in [1.165, 1.54) is 7.11 Å². The molecule has 0 aliphatic carbocycles. The Morgan fingerprint density at radius 2 is 1.77 bits per heavy atom. The lowest BCUT2D eigenvalue weighted by atomic mass is 9.85. The molecule has 0 bridgehead atoms. The first-order valence-electron chi connectivity index (χ1n) is 11.8. The third-order valence-electron chi connectivity index (χ3n) is 6.04. The summed E-state index contributed by atoms with van der Waals surface area (Å²) in [5.41, 5.74) is 1.10. The van der Waals surface area contributed by atoms with Crippen LogP contribution in [0, 0.1) is 17.8 Å². The molecule has 0 amide bonds. The van der Waals surface area contributed by atoms with Crippen molar-refractivity contribution in [2.45, 2.75) is 59.0 Å². The van der Waals surface area contributed by atoms with Crippen LogP contribution in [-0.2, 0) is 35.1 Å². The number of hydrogen-bond donors (Lipinski definition) is 0. The lowest BCUT2D eigenvalue weighted by Gasteiger charge is -2.36. The lowest BCUT2D eigenvalue weighted by molar-refractivity contribution is -0.155. The van der Waals surface area contributed by atoms with Crippen LogP contribution in [0.2, 0.25) is 0 Å². The van der Waals surface area contributed by atoms with Crippen molar-refractivity contribution in [2.75, 3.05) is 21.0 Å². The Hall–Kier alpha value is -2.33. The van der Waals surface area contributed by atoms with Gasteiger partial charge in [-0.05, 0) is 30.6 Å². The Bertz CT molecular complexity index is 877. The number of benzene rings is 1.